The van der Waals surface area contributed by atoms with Gasteiger partial charge in [-0.05, 0) is 30.3 Å². The number of rotatable bonds is 3. The summed E-state index contributed by atoms with van der Waals surface area (Å²) in [7, 11) is 0. The molecule has 0 radical (unpaired) electrons. The van der Waals surface area contributed by atoms with Crippen LogP contribution in [0.3, 0.4) is 0 Å². The Labute approximate surface area is 149 Å². The third-order valence-corrected chi connectivity index (χ3v) is 4.31. The first-order chi connectivity index (χ1) is 12.7. The zero-order chi connectivity index (χ0) is 17.9. The summed E-state index contributed by atoms with van der Waals surface area (Å²) in [5.74, 6) is 0.514. The number of hydrogen-bond acceptors (Lipinski definition) is 6. The molecule has 3 heterocycles. The second-order valence-corrected chi connectivity index (χ2v) is 5.90. The van der Waals surface area contributed by atoms with Gasteiger partial charge in [0.15, 0.2) is 5.76 Å². The van der Waals surface area contributed by atoms with Crippen molar-refractivity contribution in [2.75, 3.05) is 31.1 Å². The van der Waals surface area contributed by atoms with Gasteiger partial charge in [-0.15, -0.1) is 0 Å². The van der Waals surface area contributed by atoms with Gasteiger partial charge < -0.3 is 14.3 Å². The highest BCUT2D eigenvalue weighted by Gasteiger charge is 2.27. The fourth-order valence-electron chi connectivity index (χ4n) is 2.94. The Morgan fingerprint density at radius 3 is 2.42 bits per heavy atom. The van der Waals surface area contributed by atoms with E-state index in [1.807, 2.05) is 4.90 Å². The highest BCUT2D eigenvalue weighted by Crippen LogP contribution is 2.25. The standard InChI is InChI=1S/C18H16FN5O2/c19-14-4-2-13(3-5-14)16-15(12-22-26-16)17(25)23-8-10-24(11-9-23)18-20-6-1-7-21-18/h1-7,12H,8-11H2. The number of benzene rings is 1. The van der Waals surface area contributed by atoms with Crippen LogP contribution in [-0.4, -0.2) is 52.1 Å². The predicted molar refractivity (Wildman–Crippen MR) is 92.0 cm³/mol. The average Bonchev–Trinajstić information content (AvgIpc) is 3.19. The number of hydrogen-bond donors (Lipinski definition) is 0. The Balaban J connectivity index is 1.48. The SMILES string of the molecule is O=C(c1cnoc1-c1ccc(F)cc1)N1CCN(c2ncccn2)CC1. The third kappa shape index (κ3) is 3.13. The van der Waals surface area contributed by atoms with Crippen LogP contribution in [0.2, 0.25) is 0 Å². The van der Waals surface area contributed by atoms with Crippen molar-refractivity contribution in [3.63, 3.8) is 0 Å². The summed E-state index contributed by atoms with van der Waals surface area (Å²) in [6.45, 7) is 2.39. The Bertz CT molecular complexity index is 889. The van der Waals surface area contributed by atoms with Crippen molar-refractivity contribution in [1.82, 2.24) is 20.0 Å². The molecule has 0 atom stereocenters. The molecule has 26 heavy (non-hydrogen) atoms. The van der Waals surface area contributed by atoms with E-state index in [0.717, 1.165) is 0 Å². The summed E-state index contributed by atoms with van der Waals surface area (Å²) < 4.78 is 18.4. The fraction of sp³-hybridized carbons (Fsp3) is 0.222. The number of carbonyl (C=O) groups excluding carboxylic acids is 1. The zero-order valence-electron chi connectivity index (χ0n) is 13.9. The lowest BCUT2D eigenvalue weighted by Gasteiger charge is -2.34. The predicted octanol–water partition coefficient (Wildman–Crippen LogP) is 2.23. The van der Waals surface area contributed by atoms with Crippen molar-refractivity contribution in [1.29, 1.82) is 0 Å². The Kier molecular flexibility index (Phi) is 4.30. The molecule has 0 N–H and O–H groups in total. The summed E-state index contributed by atoms with van der Waals surface area (Å²) in [4.78, 5) is 25.1. The van der Waals surface area contributed by atoms with Crippen LogP contribution in [0.4, 0.5) is 10.3 Å². The third-order valence-electron chi connectivity index (χ3n) is 4.31. The van der Waals surface area contributed by atoms with Crippen LogP contribution in [-0.2, 0) is 0 Å². The first-order valence-corrected chi connectivity index (χ1v) is 8.24. The number of piperazine rings is 1. The molecule has 0 unspecified atom stereocenters. The van der Waals surface area contributed by atoms with Gasteiger partial charge in [0, 0.05) is 44.1 Å². The molecule has 0 spiro atoms. The summed E-state index contributed by atoms with van der Waals surface area (Å²) >= 11 is 0. The van der Waals surface area contributed by atoms with E-state index in [9.17, 15) is 9.18 Å². The minimum atomic E-state index is -0.347. The van der Waals surface area contributed by atoms with Crippen LogP contribution in [0.1, 0.15) is 10.4 Å². The summed E-state index contributed by atoms with van der Waals surface area (Å²) in [6, 6.07) is 7.55. The molecule has 132 valence electrons. The van der Waals surface area contributed by atoms with Crippen LogP contribution < -0.4 is 4.90 Å². The van der Waals surface area contributed by atoms with Gasteiger partial charge in [0.1, 0.15) is 11.4 Å². The van der Waals surface area contributed by atoms with Crippen LogP contribution >= 0.6 is 0 Å². The van der Waals surface area contributed by atoms with Crippen LogP contribution in [0, 0.1) is 5.82 Å². The largest absolute Gasteiger partial charge is 0.355 e. The van der Waals surface area contributed by atoms with Gasteiger partial charge >= 0.3 is 0 Å². The van der Waals surface area contributed by atoms with E-state index in [4.69, 9.17) is 4.52 Å². The van der Waals surface area contributed by atoms with Gasteiger partial charge in [-0.25, -0.2) is 14.4 Å². The molecule has 2 aromatic heterocycles. The average molecular weight is 353 g/mol. The van der Waals surface area contributed by atoms with E-state index in [-0.39, 0.29) is 11.7 Å². The molecule has 3 aromatic rings. The van der Waals surface area contributed by atoms with Crippen molar-refractivity contribution in [3.05, 3.63) is 60.3 Å². The number of anilines is 1. The van der Waals surface area contributed by atoms with Crippen molar-refractivity contribution in [3.8, 4) is 11.3 Å². The second kappa shape index (κ2) is 6.91. The fourth-order valence-corrected chi connectivity index (χ4v) is 2.94. The van der Waals surface area contributed by atoms with Crippen molar-refractivity contribution in [2.45, 2.75) is 0 Å². The number of halogens is 1. The van der Waals surface area contributed by atoms with Gasteiger partial charge in [0.2, 0.25) is 5.95 Å². The van der Waals surface area contributed by atoms with E-state index >= 15 is 0 Å². The molecule has 1 amide bonds. The quantitative estimate of drug-likeness (QED) is 0.719. The highest BCUT2D eigenvalue weighted by molar-refractivity contribution is 5.99. The zero-order valence-corrected chi connectivity index (χ0v) is 13.9. The van der Waals surface area contributed by atoms with Crippen molar-refractivity contribution < 1.29 is 13.7 Å². The molecule has 1 aliphatic rings. The first kappa shape index (κ1) is 16.2. The van der Waals surface area contributed by atoms with Crippen LogP contribution in [0.15, 0.2) is 53.4 Å². The summed E-state index contributed by atoms with van der Waals surface area (Å²) in [5.41, 5.74) is 0.990. The van der Waals surface area contributed by atoms with E-state index in [1.54, 1.807) is 35.5 Å². The molecule has 0 aliphatic carbocycles. The Morgan fingerprint density at radius 1 is 1.04 bits per heavy atom. The number of carbonyl (C=O) groups is 1. The number of amides is 1. The van der Waals surface area contributed by atoms with E-state index in [2.05, 4.69) is 15.1 Å². The monoisotopic (exact) mass is 353 g/mol. The van der Waals surface area contributed by atoms with Gasteiger partial charge in [-0.1, -0.05) is 5.16 Å². The van der Waals surface area contributed by atoms with E-state index in [0.29, 0.717) is 49.0 Å². The van der Waals surface area contributed by atoms with Crippen LogP contribution in [0.5, 0.6) is 0 Å². The van der Waals surface area contributed by atoms with Crippen molar-refractivity contribution in [2.24, 2.45) is 0 Å². The van der Waals surface area contributed by atoms with Gasteiger partial charge in [-0.2, -0.15) is 0 Å². The van der Waals surface area contributed by atoms with E-state index < -0.39 is 0 Å². The minimum Gasteiger partial charge on any atom is -0.355 e. The molecular formula is C18H16FN5O2. The lowest BCUT2D eigenvalue weighted by atomic mass is 10.1. The molecule has 1 aromatic carbocycles. The molecule has 0 saturated carbocycles. The molecular weight excluding hydrogens is 337 g/mol. The second-order valence-electron chi connectivity index (χ2n) is 5.90. The summed E-state index contributed by atoms with van der Waals surface area (Å²) in [5, 5.41) is 3.75. The molecule has 0 bridgehead atoms. The van der Waals surface area contributed by atoms with Crippen molar-refractivity contribution >= 4 is 11.9 Å². The maximum Gasteiger partial charge on any atom is 0.259 e. The topological polar surface area (TPSA) is 75.4 Å². The first-order valence-electron chi connectivity index (χ1n) is 8.24. The van der Waals surface area contributed by atoms with Crippen LogP contribution in [0.25, 0.3) is 11.3 Å². The smallest absolute Gasteiger partial charge is 0.259 e. The van der Waals surface area contributed by atoms with Gasteiger partial charge in [0.05, 0.1) is 6.20 Å². The van der Waals surface area contributed by atoms with Gasteiger partial charge in [0.25, 0.3) is 5.91 Å². The maximum atomic E-state index is 13.1. The Hall–Kier alpha value is -3.29. The molecule has 8 heteroatoms. The molecule has 7 nitrogen and oxygen atoms in total. The molecule has 1 aliphatic heterocycles. The minimum absolute atomic E-state index is 0.154. The number of aromatic nitrogens is 3. The van der Waals surface area contributed by atoms with E-state index in [1.165, 1.54) is 18.3 Å². The Morgan fingerprint density at radius 2 is 1.73 bits per heavy atom. The normalized spacial score (nSPS) is 14.5. The lowest BCUT2D eigenvalue weighted by molar-refractivity contribution is 0.0746. The number of nitrogens with zero attached hydrogens (tertiary/aromatic N) is 5. The maximum absolute atomic E-state index is 13.1. The molecule has 4 rings (SSSR count). The summed E-state index contributed by atoms with van der Waals surface area (Å²) in [6.07, 6.45) is 4.81. The molecule has 1 fully saturated rings. The highest BCUT2D eigenvalue weighted by atomic mass is 19.1. The van der Waals surface area contributed by atoms with Gasteiger partial charge in [-0.3, -0.25) is 4.79 Å². The molecule has 1 saturated heterocycles. The lowest BCUT2D eigenvalue weighted by Crippen LogP contribution is -2.49.